The van der Waals surface area contributed by atoms with Gasteiger partial charge in [0.25, 0.3) is 5.91 Å². The van der Waals surface area contributed by atoms with E-state index in [0.717, 1.165) is 21.2 Å². The summed E-state index contributed by atoms with van der Waals surface area (Å²) in [5.41, 5.74) is 4.01. The molecule has 0 aliphatic heterocycles. The van der Waals surface area contributed by atoms with Gasteiger partial charge in [0.15, 0.2) is 0 Å². The maximum Gasteiger partial charge on any atom is 0.254 e. The zero-order valence-corrected chi connectivity index (χ0v) is 13.0. The molecule has 0 radical (unpaired) electrons. The Morgan fingerprint density at radius 1 is 1.28 bits per heavy atom. The lowest BCUT2D eigenvalue weighted by atomic mass is 9.98. The summed E-state index contributed by atoms with van der Waals surface area (Å²) in [6, 6.07) is 1.88. The highest BCUT2D eigenvalue weighted by Crippen LogP contribution is 2.26. The quantitative estimate of drug-likeness (QED) is 0.928. The first-order valence-electron chi connectivity index (χ1n) is 6.10. The van der Waals surface area contributed by atoms with Gasteiger partial charge < -0.3 is 10.0 Å². The summed E-state index contributed by atoms with van der Waals surface area (Å²) in [6.07, 6.45) is 0. The maximum absolute atomic E-state index is 12.4. The van der Waals surface area contributed by atoms with Crippen molar-refractivity contribution in [2.24, 2.45) is 0 Å². The number of hydrogen-bond acceptors (Lipinski definition) is 2. The Balaban J connectivity index is 3.21. The van der Waals surface area contributed by atoms with Crippen LogP contribution in [0.5, 0.6) is 0 Å². The van der Waals surface area contributed by atoms with Crippen molar-refractivity contribution in [3.63, 3.8) is 0 Å². The predicted molar refractivity (Wildman–Crippen MR) is 77.0 cm³/mol. The van der Waals surface area contributed by atoms with Gasteiger partial charge >= 0.3 is 0 Å². The van der Waals surface area contributed by atoms with E-state index >= 15 is 0 Å². The zero-order chi connectivity index (χ0) is 13.9. The van der Waals surface area contributed by atoms with Gasteiger partial charge in [0, 0.05) is 23.1 Å². The first kappa shape index (κ1) is 15.2. The average Bonchev–Trinajstić information content (AvgIpc) is 2.37. The number of aliphatic hydroxyl groups excluding tert-OH is 1. The lowest BCUT2D eigenvalue weighted by Gasteiger charge is -2.22. The molecule has 0 fully saturated rings. The van der Waals surface area contributed by atoms with Crippen molar-refractivity contribution in [2.75, 3.05) is 19.7 Å². The third kappa shape index (κ3) is 2.93. The SMILES string of the molecule is CCN(CCO)C(=O)c1cc(Br)c(C)c(C)c1C. The summed E-state index contributed by atoms with van der Waals surface area (Å²) in [7, 11) is 0. The molecule has 1 amide bonds. The molecule has 0 aliphatic rings. The number of nitrogens with zero attached hydrogens (tertiary/aromatic N) is 1. The number of aliphatic hydroxyl groups is 1. The Labute approximate surface area is 117 Å². The fourth-order valence-electron chi connectivity index (χ4n) is 1.92. The summed E-state index contributed by atoms with van der Waals surface area (Å²) in [6.45, 7) is 8.90. The van der Waals surface area contributed by atoms with Crippen molar-refractivity contribution in [1.29, 1.82) is 0 Å². The Hall–Kier alpha value is -0.870. The van der Waals surface area contributed by atoms with Crippen molar-refractivity contribution in [3.8, 4) is 0 Å². The number of benzene rings is 1. The van der Waals surface area contributed by atoms with Crippen LogP contribution in [-0.2, 0) is 0 Å². The van der Waals surface area contributed by atoms with Gasteiger partial charge in [-0.15, -0.1) is 0 Å². The van der Waals surface area contributed by atoms with Gasteiger partial charge in [-0.2, -0.15) is 0 Å². The molecule has 18 heavy (non-hydrogen) atoms. The molecule has 4 heteroatoms. The highest BCUT2D eigenvalue weighted by Gasteiger charge is 2.18. The highest BCUT2D eigenvalue weighted by atomic mass is 79.9. The largest absolute Gasteiger partial charge is 0.395 e. The van der Waals surface area contributed by atoms with Gasteiger partial charge in [0.2, 0.25) is 0 Å². The molecule has 1 rings (SSSR count). The van der Waals surface area contributed by atoms with Gasteiger partial charge in [-0.3, -0.25) is 4.79 Å². The van der Waals surface area contributed by atoms with Crippen LogP contribution in [-0.4, -0.2) is 35.6 Å². The van der Waals surface area contributed by atoms with Gasteiger partial charge in [-0.25, -0.2) is 0 Å². The molecule has 0 aliphatic carbocycles. The molecule has 3 nitrogen and oxygen atoms in total. The minimum atomic E-state index is -0.0205. The van der Waals surface area contributed by atoms with Gasteiger partial charge in [0.1, 0.15) is 0 Å². The standard InChI is InChI=1S/C14H20BrNO2/c1-5-16(6-7-17)14(18)12-8-13(15)11(4)9(2)10(12)3/h8,17H,5-7H2,1-4H3. The van der Waals surface area contributed by atoms with E-state index in [0.29, 0.717) is 18.7 Å². The third-order valence-electron chi connectivity index (χ3n) is 3.43. The number of hydrogen-bond donors (Lipinski definition) is 1. The fourth-order valence-corrected chi connectivity index (χ4v) is 2.45. The molecule has 100 valence electrons. The molecule has 0 atom stereocenters. The van der Waals surface area contributed by atoms with Crippen molar-refractivity contribution < 1.29 is 9.90 Å². The number of amides is 1. The lowest BCUT2D eigenvalue weighted by Crippen LogP contribution is -2.34. The second-order valence-corrected chi connectivity index (χ2v) is 5.24. The topological polar surface area (TPSA) is 40.5 Å². The number of carbonyl (C=O) groups is 1. The van der Waals surface area contributed by atoms with Crippen LogP contribution < -0.4 is 0 Å². The van der Waals surface area contributed by atoms with Crippen molar-refractivity contribution in [2.45, 2.75) is 27.7 Å². The fraction of sp³-hybridized carbons (Fsp3) is 0.500. The van der Waals surface area contributed by atoms with Gasteiger partial charge in [-0.05, 0) is 50.5 Å². The maximum atomic E-state index is 12.4. The molecule has 0 bridgehead atoms. The van der Waals surface area contributed by atoms with Crippen LogP contribution in [0.2, 0.25) is 0 Å². The first-order valence-corrected chi connectivity index (χ1v) is 6.89. The summed E-state index contributed by atoms with van der Waals surface area (Å²) in [4.78, 5) is 14.1. The molecule has 0 aromatic heterocycles. The molecule has 0 saturated heterocycles. The van der Waals surface area contributed by atoms with Crippen LogP contribution in [0, 0.1) is 20.8 Å². The van der Waals surface area contributed by atoms with Crippen LogP contribution in [0.4, 0.5) is 0 Å². The molecule has 0 unspecified atom stereocenters. The average molecular weight is 314 g/mol. The number of halogens is 1. The summed E-state index contributed by atoms with van der Waals surface area (Å²) in [5.74, 6) is -0.0205. The second-order valence-electron chi connectivity index (χ2n) is 4.39. The summed E-state index contributed by atoms with van der Waals surface area (Å²) < 4.78 is 0.953. The van der Waals surface area contributed by atoms with Crippen molar-refractivity contribution in [1.82, 2.24) is 4.90 Å². The van der Waals surface area contributed by atoms with Crippen LogP contribution in [0.3, 0.4) is 0 Å². The normalized spacial score (nSPS) is 10.6. The van der Waals surface area contributed by atoms with E-state index < -0.39 is 0 Å². The van der Waals surface area contributed by atoms with Gasteiger partial charge in [-0.1, -0.05) is 15.9 Å². The zero-order valence-electron chi connectivity index (χ0n) is 11.4. The van der Waals surface area contributed by atoms with Crippen LogP contribution in [0.1, 0.15) is 34.0 Å². The minimum absolute atomic E-state index is 0.00928. The minimum Gasteiger partial charge on any atom is -0.395 e. The van der Waals surface area contributed by atoms with E-state index in [-0.39, 0.29) is 12.5 Å². The molecular weight excluding hydrogens is 294 g/mol. The molecular formula is C14H20BrNO2. The summed E-state index contributed by atoms with van der Waals surface area (Å²) in [5, 5.41) is 8.98. The molecule has 1 aromatic carbocycles. The molecule has 1 aromatic rings. The Bertz CT molecular complexity index is 458. The van der Waals surface area contributed by atoms with Gasteiger partial charge in [0.05, 0.1) is 6.61 Å². The first-order chi connectivity index (χ1) is 8.43. The number of rotatable bonds is 4. The Kier molecular flexibility index (Phi) is 5.35. The van der Waals surface area contributed by atoms with Crippen molar-refractivity contribution in [3.05, 3.63) is 32.8 Å². The Morgan fingerprint density at radius 3 is 2.39 bits per heavy atom. The number of carbonyl (C=O) groups excluding carboxylic acids is 1. The van der Waals surface area contributed by atoms with E-state index in [1.54, 1.807) is 4.90 Å². The highest BCUT2D eigenvalue weighted by molar-refractivity contribution is 9.10. The molecule has 0 spiro atoms. The molecule has 1 N–H and O–H groups in total. The monoisotopic (exact) mass is 313 g/mol. The van der Waals surface area contributed by atoms with E-state index in [4.69, 9.17) is 5.11 Å². The van der Waals surface area contributed by atoms with E-state index in [2.05, 4.69) is 15.9 Å². The Morgan fingerprint density at radius 2 is 1.89 bits per heavy atom. The predicted octanol–water partition coefficient (Wildman–Crippen LogP) is 2.83. The van der Waals surface area contributed by atoms with Crippen LogP contribution in [0.15, 0.2) is 10.5 Å². The van der Waals surface area contributed by atoms with E-state index in [1.165, 1.54) is 0 Å². The van der Waals surface area contributed by atoms with E-state index in [1.807, 2.05) is 33.8 Å². The van der Waals surface area contributed by atoms with Crippen LogP contribution in [0.25, 0.3) is 0 Å². The molecule has 0 heterocycles. The third-order valence-corrected chi connectivity index (χ3v) is 4.25. The number of likely N-dealkylation sites (N-methyl/N-ethyl adjacent to an activating group) is 1. The smallest absolute Gasteiger partial charge is 0.254 e. The summed E-state index contributed by atoms with van der Waals surface area (Å²) >= 11 is 3.49. The molecule has 0 saturated carbocycles. The van der Waals surface area contributed by atoms with E-state index in [9.17, 15) is 4.79 Å². The lowest BCUT2D eigenvalue weighted by molar-refractivity contribution is 0.0731. The van der Waals surface area contributed by atoms with Crippen molar-refractivity contribution >= 4 is 21.8 Å². The second kappa shape index (κ2) is 6.34. The van der Waals surface area contributed by atoms with Crippen LogP contribution >= 0.6 is 15.9 Å².